The molecular weight excluding hydrogens is 249 g/mol. The van der Waals surface area contributed by atoms with Crippen molar-refractivity contribution in [2.24, 2.45) is 0 Å². The van der Waals surface area contributed by atoms with Crippen LogP contribution in [0.4, 0.5) is 13.2 Å². The summed E-state index contributed by atoms with van der Waals surface area (Å²) in [6.07, 6.45) is -3.92. The SMILES string of the molecule is CS(=O)(=O)N1CCN(C(=O)C(F)(F)F)CC1. The number of alkyl halides is 3. The van der Waals surface area contributed by atoms with E-state index in [0.717, 1.165) is 10.6 Å². The number of amides is 1. The summed E-state index contributed by atoms with van der Waals surface area (Å²) in [5.74, 6) is -1.92. The number of hydrogen-bond acceptors (Lipinski definition) is 3. The topological polar surface area (TPSA) is 57.7 Å². The third-order valence-corrected chi connectivity index (χ3v) is 3.54. The smallest absolute Gasteiger partial charge is 0.332 e. The molecule has 0 N–H and O–H groups in total. The fraction of sp³-hybridized carbons (Fsp3) is 0.857. The highest BCUT2D eigenvalue weighted by Crippen LogP contribution is 2.19. The number of piperazine rings is 1. The fourth-order valence-electron chi connectivity index (χ4n) is 1.40. The molecular formula is C7H11F3N2O3S. The summed E-state index contributed by atoms with van der Waals surface area (Å²) >= 11 is 0. The summed E-state index contributed by atoms with van der Waals surface area (Å²) in [7, 11) is -3.40. The van der Waals surface area contributed by atoms with Crippen LogP contribution in [0.15, 0.2) is 0 Å². The van der Waals surface area contributed by atoms with Crippen LogP contribution in [0, 0.1) is 0 Å². The Morgan fingerprint density at radius 1 is 1.12 bits per heavy atom. The summed E-state index contributed by atoms with van der Waals surface area (Å²) in [6, 6.07) is 0. The molecule has 0 spiro atoms. The van der Waals surface area contributed by atoms with E-state index in [2.05, 4.69) is 0 Å². The van der Waals surface area contributed by atoms with Crippen LogP contribution >= 0.6 is 0 Å². The molecule has 1 aliphatic heterocycles. The van der Waals surface area contributed by atoms with Crippen LogP contribution in [0.3, 0.4) is 0 Å². The number of sulfonamides is 1. The highest BCUT2D eigenvalue weighted by Gasteiger charge is 2.43. The molecule has 16 heavy (non-hydrogen) atoms. The van der Waals surface area contributed by atoms with Crippen LogP contribution in [0.2, 0.25) is 0 Å². The molecule has 1 fully saturated rings. The van der Waals surface area contributed by atoms with Crippen molar-refractivity contribution in [3.8, 4) is 0 Å². The number of hydrogen-bond donors (Lipinski definition) is 0. The Morgan fingerprint density at radius 2 is 1.56 bits per heavy atom. The van der Waals surface area contributed by atoms with Crippen LogP contribution in [0.1, 0.15) is 0 Å². The second-order valence-corrected chi connectivity index (χ2v) is 5.43. The van der Waals surface area contributed by atoms with Gasteiger partial charge in [0.2, 0.25) is 10.0 Å². The average molecular weight is 260 g/mol. The Bertz CT molecular complexity index is 371. The zero-order valence-corrected chi connectivity index (χ0v) is 9.31. The minimum absolute atomic E-state index is 0.0966. The van der Waals surface area contributed by atoms with Gasteiger partial charge in [-0.3, -0.25) is 4.79 Å². The van der Waals surface area contributed by atoms with Crippen LogP contribution in [-0.4, -0.2) is 62.1 Å². The van der Waals surface area contributed by atoms with Gasteiger partial charge in [0.15, 0.2) is 0 Å². The Kier molecular flexibility index (Phi) is 3.48. The van der Waals surface area contributed by atoms with Gasteiger partial charge in [-0.25, -0.2) is 8.42 Å². The number of rotatable bonds is 1. The Balaban J connectivity index is 2.60. The van der Waals surface area contributed by atoms with Crippen LogP contribution < -0.4 is 0 Å². The van der Waals surface area contributed by atoms with Crippen LogP contribution in [0.25, 0.3) is 0 Å². The highest BCUT2D eigenvalue weighted by molar-refractivity contribution is 7.88. The maximum Gasteiger partial charge on any atom is 0.471 e. The first-order chi connectivity index (χ1) is 7.12. The van der Waals surface area contributed by atoms with E-state index in [4.69, 9.17) is 0 Å². The Hall–Kier alpha value is -0.830. The van der Waals surface area contributed by atoms with Crippen molar-refractivity contribution in [1.29, 1.82) is 0 Å². The molecule has 0 bridgehead atoms. The normalized spacial score (nSPS) is 19.9. The van der Waals surface area contributed by atoms with Crippen molar-refractivity contribution in [3.63, 3.8) is 0 Å². The molecule has 1 amide bonds. The predicted molar refractivity (Wildman–Crippen MR) is 49.1 cm³/mol. The van der Waals surface area contributed by atoms with Gasteiger partial charge in [0.05, 0.1) is 6.26 Å². The van der Waals surface area contributed by atoms with E-state index >= 15 is 0 Å². The predicted octanol–water partition coefficient (Wildman–Crippen LogP) is -0.347. The Morgan fingerprint density at radius 3 is 1.88 bits per heavy atom. The molecule has 5 nitrogen and oxygen atoms in total. The molecule has 0 atom stereocenters. The van der Waals surface area contributed by atoms with Crippen LogP contribution in [-0.2, 0) is 14.8 Å². The minimum Gasteiger partial charge on any atom is -0.332 e. The van der Waals surface area contributed by atoms with E-state index in [1.807, 2.05) is 0 Å². The fourth-order valence-corrected chi connectivity index (χ4v) is 2.23. The summed E-state index contributed by atoms with van der Waals surface area (Å²) in [4.78, 5) is 11.4. The maximum atomic E-state index is 12.0. The van der Waals surface area contributed by atoms with E-state index < -0.39 is 22.1 Å². The number of carbonyl (C=O) groups is 1. The number of halogens is 3. The van der Waals surface area contributed by atoms with Gasteiger partial charge >= 0.3 is 12.1 Å². The van der Waals surface area contributed by atoms with E-state index in [1.54, 1.807) is 0 Å². The van der Waals surface area contributed by atoms with Crippen molar-refractivity contribution < 1.29 is 26.4 Å². The zero-order valence-electron chi connectivity index (χ0n) is 8.49. The first kappa shape index (κ1) is 13.2. The van der Waals surface area contributed by atoms with E-state index in [9.17, 15) is 26.4 Å². The first-order valence-corrected chi connectivity index (χ1v) is 6.28. The molecule has 94 valence electrons. The standard InChI is InChI=1S/C7H11F3N2O3S/c1-16(14,15)12-4-2-11(3-5-12)6(13)7(8,9)10/h2-5H2,1H3. The lowest BCUT2D eigenvalue weighted by Gasteiger charge is -2.33. The van der Waals surface area contributed by atoms with Crippen molar-refractivity contribution in [2.75, 3.05) is 32.4 Å². The third-order valence-electron chi connectivity index (χ3n) is 2.24. The zero-order chi connectivity index (χ0) is 12.6. The molecule has 1 rings (SSSR count). The molecule has 0 aromatic rings. The second kappa shape index (κ2) is 4.21. The Labute approximate surface area is 90.9 Å². The summed E-state index contributed by atoms with van der Waals surface area (Å²) in [5.41, 5.74) is 0. The molecule has 1 saturated heterocycles. The quantitative estimate of drug-likeness (QED) is 0.647. The van der Waals surface area contributed by atoms with E-state index in [1.165, 1.54) is 0 Å². The molecule has 0 unspecified atom stereocenters. The lowest BCUT2D eigenvalue weighted by atomic mass is 10.3. The maximum absolute atomic E-state index is 12.0. The molecule has 0 aromatic heterocycles. The number of nitrogens with zero attached hydrogens (tertiary/aromatic N) is 2. The summed E-state index contributed by atoms with van der Waals surface area (Å²) in [6.45, 7) is -0.655. The molecule has 9 heteroatoms. The van der Waals surface area contributed by atoms with Gasteiger partial charge in [-0.1, -0.05) is 0 Å². The third kappa shape index (κ3) is 3.08. The molecule has 0 aliphatic carbocycles. The van der Waals surface area contributed by atoms with Gasteiger partial charge in [0.25, 0.3) is 0 Å². The average Bonchev–Trinajstić information content (AvgIpc) is 2.14. The lowest BCUT2D eigenvalue weighted by molar-refractivity contribution is -0.186. The molecule has 0 aromatic carbocycles. The van der Waals surface area contributed by atoms with Crippen molar-refractivity contribution in [1.82, 2.24) is 9.21 Å². The minimum atomic E-state index is -4.90. The molecule has 1 heterocycles. The first-order valence-electron chi connectivity index (χ1n) is 4.43. The molecule has 0 radical (unpaired) electrons. The monoisotopic (exact) mass is 260 g/mol. The number of carbonyl (C=O) groups excluding carboxylic acids is 1. The summed E-state index contributed by atoms with van der Waals surface area (Å²) in [5, 5.41) is 0. The largest absolute Gasteiger partial charge is 0.471 e. The lowest BCUT2D eigenvalue weighted by Crippen LogP contribution is -2.53. The van der Waals surface area contributed by atoms with Gasteiger partial charge < -0.3 is 4.90 Å². The van der Waals surface area contributed by atoms with Crippen LogP contribution in [0.5, 0.6) is 0 Å². The van der Waals surface area contributed by atoms with Gasteiger partial charge in [-0.15, -0.1) is 0 Å². The molecule has 0 saturated carbocycles. The molecule has 1 aliphatic rings. The van der Waals surface area contributed by atoms with E-state index in [0.29, 0.717) is 4.90 Å². The van der Waals surface area contributed by atoms with Gasteiger partial charge in [-0.05, 0) is 0 Å². The second-order valence-electron chi connectivity index (χ2n) is 3.45. The highest BCUT2D eigenvalue weighted by atomic mass is 32.2. The van der Waals surface area contributed by atoms with Gasteiger partial charge in [0.1, 0.15) is 0 Å². The van der Waals surface area contributed by atoms with Crippen molar-refractivity contribution in [2.45, 2.75) is 6.18 Å². The van der Waals surface area contributed by atoms with Gasteiger partial charge in [0, 0.05) is 26.2 Å². The van der Waals surface area contributed by atoms with Crippen molar-refractivity contribution in [3.05, 3.63) is 0 Å². The van der Waals surface area contributed by atoms with Gasteiger partial charge in [-0.2, -0.15) is 17.5 Å². The summed E-state index contributed by atoms with van der Waals surface area (Å²) < 4.78 is 59.3. The van der Waals surface area contributed by atoms with E-state index in [-0.39, 0.29) is 26.2 Å². The van der Waals surface area contributed by atoms with Crippen molar-refractivity contribution >= 4 is 15.9 Å².